The van der Waals surface area contributed by atoms with Crippen LogP contribution in [0.5, 0.6) is 0 Å². The van der Waals surface area contributed by atoms with Gasteiger partial charge in [0.05, 0.1) is 0 Å². The van der Waals surface area contributed by atoms with Gasteiger partial charge in [-0.05, 0) is 0 Å². The first kappa shape index (κ1) is 22.4. The van der Waals surface area contributed by atoms with Crippen molar-refractivity contribution in [3.8, 4) is 0 Å². The van der Waals surface area contributed by atoms with Crippen molar-refractivity contribution in [2.45, 2.75) is 0 Å². The Bertz CT molecular complexity index is 88.5. The number of carboxylic acid groups (broad SMARTS) is 2. The summed E-state index contributed by atoms with van der Waals surface area (Å²) >= 11 is 0. The summed E-state index contributed by atoms with van der Waals surface area (Å²) in [6.07, 6.45) is 0. The zero-order chi connectivity index (χ0) is 5.15. The van der Waals surface area contributed by atoms with Crippen LogP contribution in [0.15, 0.2) is 0 Å². The maximum Gasteiger partial charge on any atom is 1.00 e. The van der Waals surface area contributed by atoms with Gasteiger partial charge in [-0.3, -0.25) is 0 Å². The second-order valence-corrected chi connectivity index (χ2v) is 0.610. The maximum absolute atomic E-state index is 9.10. The van der Waals surface area contributed by atoms with Crippen molar-refractivity contribution in [2.75, 3.05) is 0 Å². The predicted octanol–water partition coefficient (Wildman–Crippen LogP) is -7.44. The molecule has 0 aromatic heterocycles. The van der Waals surface area contributed by atoms with Gasteiger partial charge in [0.1, 0.15) is 0 Å². The van der Waals surface area contributed by atoms with E-state index >= 15 is 0 Å². The summed E-state index contributed by atoms with van der Waals surface area (Å²) in [6.45, 7) is 0. The third-order valence-electron chi connectivity index (χ3n) is 0.183. The van der Waals surface area contributed by atoms with E-state index in [1.165, 1.54) is 0 Å². The van der Waals surface area contributed by atoms with E-state index in [0.29, 0.717) is 0 Å². The smallest absolute Gasteiger partial charge is 1.00 e. The number of carboxylic acids is 2. The molecule has 0 unspecified atom stereocenters. The van der Waals surface area contributed by atoms with Crippen molar-refractivity contribution < 1.29 is 109 Å². The average Bonchev–Trinajstić information content (AvgIpc) is 1.36. The van der Waals surface area contributed by atoms with Crippen LogP contribution in [-0.4, -0.2) is 27.6 Å². The third kappa shape index (κ3) is 17.7. The molecule has 0 saturated carbocycles. The zero-order valence-electron chi connectivity index (χ0n) is 7.21. The van der Waals surface area contributed by atoms with Crippen LogP contribution in [0.4, 0.5) is 0 Å². The molecule has 0 bridgehead atoms. The summed E-state index contributed by atoms with van der Waals surface area (Å²) in [5.74, 6) is -3.65. The second-order valence-electron chi connectivity index (χ2n) is 0.610. The number of hydrogen-bond donors (Lipinski definition) is 2. The molecule has 0 rings (SSSR count). The van der Waals surface area contributed by atoms with Crippen molar-refractivity contribution in [2.24, 2.45) is 0 Å². The van der Waals surface area contributed by atoms with Gasteiger partial charge >= 0.3 is 92.9 Å². The molecular formula is C2H6KNaO5. The van der Waals surface area contributed by atoms with Gasteiger partial charge in [-0.1, -0.05) is 0 Å². The van der Waals surface area contributed by atoms with Crippen molar-refractivity contribution in [1.29, 1.82) is 0 Å². The van der Waals surface area contributed by atoms with E-state index in [0.717, 1.165) is 0 Å². The van der Waals surface area contributed by atoms with Gasteiger partial charge in [-0.15, -0.1) is 0 Å². The van der Waals surface area contributed by atoms with E-state index in [9.17, 15) is 0 Å². The van der Waals surface area contributed by atoms with Crippen LogP contribution in [0.1, 0.15) is 2.85 Å². The van der Waals surface area contributed by atoms with E-state index in [-0.39, 0.29) is 89.3 Å². The number of hydrogen-bond acceptors (Lipinski definition) is 2. The standard InChI is InChI=1S/C2H2O4.K.Na.H2O.2H/c3-1(4)2(5)6;;;;;/h(H,3,4)(H,5,6);;;1H2;;/q;2*+1;;2*-1. The summed E-state index contributed by atoms with van der Waals surface area (Å²) in [5.41, 5.74) is 0. The molecule has 0 heterocycles. The van der Waals surface area contributed by atoms with Gasteiger partial charge in [-0.25, -0.2) is 9.59 Å². The number of aliphatic carboxylic acids is 2. The van der Waals surface area contributed by atoms with E-state index in [2.05, 4.69) is 0 Å². The van der Waals surface area contributed by atoms with E-state index < -0.39 is 11.9 Å². The normalized spacial score (nSPS) is 4.89. The zero-order valence-corrected chi connectivity index (χ0v) is 10.3. The van der Waals surface area contributed by atoms with Crippen molar-refractivity contribution in [1.82, 2.24) is 0 Å². The number of carbonyl (C=O) groups is 2. The SMILES string of the molecule is O.O=C(O)C(=O)O.[H-].[H-].[K+].[Na+]. The molecule has 0 fully saturated rings. The Morgan fingerprint density at radius 2 is 1.22 bits per heavy atom. The minimum absolute atomic E-state index is 0. The Labute approximate surface area is 119 Å². The molecular weight excluding hydrogens is 166 g/mol. The molecule has 0 radical (unpaired) electrons. The van der Waals surface area contributed by atoms with Crippen LogP contribution in [0.25, 0.3) is 0 Å². The third-order valence-corrected chi connectivity index (χ3v) is 0.183. The molecule has 0 saturated heterocycles. The topological polar surface area (TPSA) is 106 Å². The number of rotatable bonds is 0. The average molecular weight is 172 g/mol. The summed E-state index contributed by atoms with van der Waals surface area (Å²) in [7, 11) is 0. The van der Waals surface area contributed by atoms with Gasteiger partial charge in [0, 0.05) is 0 Å². The van der Waals surface area contributed by atoms with Gasteiger partial charge in [0.15, 0.2) is 0 Å². The van der Waals surface area contributed by atoms with Crippen molar-refractivity contribution in [3.05, 3.63) is 0 Å². The second kappa shape index (κ2) is 12.2. The van der Waals surface area contributed by atoms with E-state index in [4.69, 9.17) is 19.8 Å². The van der Waals surface area contributed by atoms with Crippen LogP contribution in [-0.2, 0) is 9.59 Å². The van der Waals surface area contributed by atoms with Gasteiger partial charge in [-0.2, -0.15) is 0 Å². The maximum atomic E-state index is 9.10. The first-order chi connectivity index (χ1) is 2.64. The van der Waals surface area contributed by atoms with E-state index in [1.54, 1.807) is 0 Å². The quantitative estimate of drug-likeness (QED) is 0.279. The fourth-order valence-electron chi connectivity index (χ4n) is 0. The summed E-state index contributed by atoms with van der Waals surface area (Å²) in [6, 6.07) is 0. The van der Waals surface area contributed by atoms with Gasteiger partial charge in [0.2, 0.25) is 0 Å². The minimum Gasteiger partial charge on any atom is -1.00 e. The molecule has 0 atom stereocenters. The van der Waals surface area contributed by atoms with Crippen LogP contribution in [0, 0.1) is 0 Å². The van der Waals surface area contributed by atoms with Crippen LogP contribution in [0.3, 0.4) is 0 Å². The van der Waals surface area contributed by atoms with Crippen LogP contribution >= 0.6 is 0 Å². The minimum atomic E-state index is -1.82. The van der Waals surface area contributed by atoms with Crippen molar-refractivity contribution >= 4 is 11.9 Å². The Hall–Kier alpha value is 1.54. The molecule has 0 amide bonds. The molecule has 0 aliphatic carbocycles. The fourth-order valence-corrected chi connectivity index (χ4v) is 0. The monoisotopic (exact) mass is 172 g/mol. The molecule has 7 heteroatoms. The molecule has 0 aromatic carbocycles. The first-order valence-corrected chi connectivity index (χ1v) is 1.11. The van der Waals surface area contributed by atoms with Gasteiger partial charge in [0.25, 0.3) is 0 Å². The molecule has 0 aliphatic heterocycles. The predicted molar refractivity (Wildman–Crippen MR) is 21.1 cm³/mol. The molecule has 0 aliphatic rings. The first-order valence-electron chi connectivity index (χ1n) is 1.11. The van der Waals surface area contributed by atoms with E-state index in [1.807, 2.05) is 0 Å². The molecule has 5 nitrogen and oxygen atoms in total. The molecule has 4 N–H and O–H groups in total. The molecule has 0 spiro atoms. The molecule has 9 heavy (non-hydrogen) atoms. The Morgan fingerprint density at radius 1 is 1.11 bits per heavy atom. The largest absolute Gasteiger partial charge is 1.00 e. The Morgan fingerprint density at radius 3 is 1.22 bits per heavy atom. The summed E-state index contributed by atoms with van der Waals surface area (Å²) in [4.78, 5) is 18.2. The molecule has 46 valence electrons. The van der Waals surface area contributed by atoms with Gasteiger partial charge < -0.3 is 18.5 Å². The van der Waals surface area contributed by atoms with Crippen LogP contribution < -0.4 is 80.9 Å². The summed E-state index contributed by atoms with van der Waals surface area (Å²) < 4.78 is 0. The Kier molecular flexibility index (Phi) is 30.5. The summed E-state index contributed by atoms with van der Waals surface area (Å²) in [5, 5.41) is 14.8. The Balaban J connectivity index is -0.0000000125. The van der Waals surface area contributed by atoms with Crippen molar-refractivity contribution in [3.63, 3.8) is 0 Å². The van der Waals surface area contributed by atoms with Crippen LogP contribution in [0.2, 0.25) is 0 Å². The molecule has 0 aromatic rings. The fraction of sp³-hybridized carbons (Fsp3) is 0.